The van der Waals surface area contributed by atoms with Gasteiger partial charge in [-0.2, -0.15) is 18.3 Å². The van der Waals surface area contributed by atoms with Gasteiger partial charge in [-0.15, -0.1) is 0 Å². The van der Waals surface area contributed by atoms with Crippen molar-refractivity contribution < 1.29 is 13.2 Å². The van der Waals surface area contributed by atoms with Crippen LogP contribution in [0.2, 0.25) is 0 Å². The first-order valence-corrected chi connectivity index (χ1v) is 9.54. The number of hydrogen-bond donors (Lipinski definition) is 2. The zero-order valence-electron chi connectivity index (χ0n) is 16.7. The van der Waals surface area contributed by atoms with E-state index in [2.05, 4.69) is 25.4 Å². The molecule has 0 amide bonds. The lowest BCUT2D eigenvalue weighted by Crippen LogP contribution is -2.17. The summed E-state index contributed by atoms with van der Waals surface area (Å²) < 4.78 is 40.3. The van der Waals surface area contributed by atoms with Crippen LogP contribution in [0.3, 0.4) is 0 Å². The van der Waals surface area contributed by atoms with Crippen LogP contribution in [0.4, 0.5) is 24.5 Å². The van der Waals surface area contributed by atoms with Gasteiger partial charge < -0.3 is 15.7 Å². The summed E-state index contributed by atoms with van der Waals surface area (Å²) in [6.07, 6.45) is 1.72. The molecule has 3 N–H and O–H groups in total. The van der Waals surface area contributed by atoms with Crippen molar-refractivity contribution in [2.75, 3.05) is 11.9 Å². The van der Waals surface area contributed by atoms with Crippen molar-refractivity contribution in [1.29, 1.82) is 0 Å². The zero-order valence-corrected chi connectivity index (χ0v) is 16.7. The third-order valence-electron chi connectivity index (χ3n) is 4.63. The van der Waals surface area contributed by atoms with E-state index >= 15 is 0 Å². The fourth-order valence-corrected chi connectivity index (χ4v) is 3.04. The highest BCUT2D eigenvalue weighted by Gasteiger charge is 2.32. The average molecular weight is 437 g/mol. The molecule has 0 aliphatic rings. The van der Waals surface area contributed by atoms with Gasteiger partial charge in [-0.1, -0.05) is 0 Å². The molecule has 1 aromatic carbocycles. The third-order valence-corrected chi connectivity index (χ3v) is 4.63. The molecule has 0 spiro atoms. The predicted molar refractivity (Wildman–Crippen MR) is 119 cm³/mol. The number of nitrogens with two attached hydrogens (primary N) is 1. The van der Waals surface area contributed by atoms with Gasteiger partial charge in [0.2, 0.25) is 0 Å². The number of aromatic nitrogens is 3. The second kappa shape index (κ2) is 8.88. The lowest BCUT2D eigenvalue weighted by atomic mass is 10.2. The molecule has 0 aliphatic heterocycles. The molecule has 0 unspecified atom stereocenters. The number of fused-ring (bicyclic) bond motifs is 1. The number of aliphatic imine (C=N–C) groups is 1. The topological polar surface area (TPSA) is 93.5 Å². The molecule has 0 atom stereocenters. The van der Waals surface area contributed by atoms with Crippen LogP contribution in [0.5, 0.6) is 0 Å². The molecular weight excluding hydrogens is 419 g/mol. The molecule has 0 saturated heterocycles. The van der Waals surface area contributed by atoms with Crippen molar-refractivity contribution >= 4 is 34.3 Å². The first-order chi connectivity index (χ1) is 15.4. The van der Waals surface area contributed by atoms with Crippen molar-refractivity contribution in [1.82, 2.24) is 14.5 Å². The Labute approximate surface area is 181 Å². The number of nitrogens with one attached hydrogen (secondary N) is 1. The Hall–Kier alpha value is -4.21. The van der Waals surface area contributed by atoms with Gasteiger partial charge in [0.25, 0.3) is 0 Å². The largest absolute Gasteiger partial charge is 0.433 e. The van der Waals surface area contributed by atoms with Crippen LogP contribution in [-0.2, 0) is 6.18 Å². The maximum atomic E-state index is 12.8. The summed E-state index contributed by atoms with van der Waals surface area (Å²) in [6, 6.07) is 15.7. The number of rotatable bonds is 6. The summed E-state index contributed by atoms with van der Waals surface area (Å²) in [5.74, 6) is 5.40. The number of hydrogen-bond acceptors (Lipinski definition) is 6. The van der Waals surface area contributed by atoms with Gasteiger partial charge in [0.05, 0.1) is 24.2 Å². The summed E-state index contributed by atoms with van der Waals surface area (Å²) in [5.41, 5.74) is 2.09. The van der Waals surface area contributed by atoms with Gasteiger partial charge in [0.1, 0.15) is 11.3 Å². The highest BCUT2D eigenvalue weighted by molar-refractivity contribution is 6.32. The molecule has 0 saturated carbocycles. The van der Waals surface area contributed by atoms with E-state index in [1.54, 1.807) is 6.20 Å². The van der Waals surface area contributed by atoms with Crippen LogP contribution in [0.15, 0.2) is 83.3 Å². The van der Waals surface area contributed by atoms with Crippen LogP contribution < -0.4 is 11.2 Å². The second-order valence-electron chi connectivity index (χ2n) is 6.78. The Kier molecular flexibility index (Phi) is 5.84. The molecular formula is C22H18F3N7. The Morgan fingerprint density at radius 2 is 1.88 bits per heavy atom. The molecule has 162 valence electrons. The van der Waals surface area contributed by atoms with Crippen molar-refractivity contribution in [3.05, 3.63) is 78.9 Å². The molecule has 0 aliphatic carbocycles. The monoisotopic (exact) mass is 437 g/mol. The van der Waals surface area contributed by atoms with Gasteiger partial charge in [-0.3, -0.25) is 9.98 Å². The number of anilines is 1. The van der Waals surface area contributed by atoms with Crippen molar-refractivity contribution in [3.63, 3.8) is 0 Å². The maximum Gasteiger partial charge on any atom is 0.433 e. The predicted octanol–water partition coefficient (Wildman–Crippen LogP) is 4.57. The fraction of sp³-hybridized carbons (Fsp3) is 0.0909. The highest BCUT2D eigenvalue weighted by atomic mass is 19.4. The first-order valence-electron chi connectivity index (χ1n) is 9.54. The molecule has 32 heavy (non-hydrogen) atoms. The van der Waals surface area contributed by atoms with E-state index in [0.29, 0.717) is 11.4 Å². The molecule has 4 rings (SSSR count). The number of benzene rings is 1. The van der Waals surface area contributed by atoms with Gasteiger partial charge in [0.15, 0.2) is 0 Å². The number of alkyl halides is 3. The Morgan fingerprint density at radius 1 is 1.06 bits per heavy atom. The molecule has 3 aromatic heterocycles. The van der Waals surface area contributed by atoms with Gasteiger partial charge in [-0.25, -0.2) is 4.98 Å². The summed E-state index contributed by atoms with van der Waals surface area (Å²) >= 11 is 0. The third kappa shape index (κ3) is 4.75. The van der Waals surface area contributed by atoms with Gasteiger partial charge in [-0.05, 0) is 54.6 Å². The minimum Gasteiger partial charge on any atom is -0.379 e. The Balaban J connectivity index is 1.42. The van der Waals surface area contributed by atoms with E-state index < -0.39 is 11.9 Å². The Bertz CT molecular complexity index is 1270. The average Bonchev–Trinajstić information content (AvgIpc) is 3.23. The molecule has 0 fully saturated rings. The smallest absolute Gasteiger partial charge is 0.379 e. The maximum absolute atomic E-state index is 12.8. The SMILES string of the molecule is N/N=C(\C=Nc1ccc(-n2ccc3cccnc32)cc1)CNc1ccnc(C(F)(F)F)c1. The number of pyridine rings is 2. The first kappa shape index (κ1) is 21.0. The van der Waals surface area contributed by atoms with Crippen molar-refractivity contribution in [2.24, 2.45) is 15.9 Å². The normalized spacial score (nSPS) is 12.5. The van der Waals surface area contributed by atoms with E-state index in [1.807, 2.05) is 53.2 Å². The second-order valence-corrected chi connectivity index (χ2v) is 6.78. The number of halogens is 3. The molecule has 3 heterocycles. The summed E-state index contributed by atoms with van der Waals surface area (Å²) in [5, 5.41) is 7.52. The molecule has 7 nitrogen and oxygen atoms in total. The van der Waals surface area contributed by atoms with E-state index in [4.69, 9.17) is 5.84 Å². The van der Waals surface area contributed by atoms with Crippen LogP contribution in [0.25, 0.3) is 16.7 Å². The van der Waals surface area contributed by atoms with Crippen LogP contribution in [0, 0.1) is 0 Å². The number of nitrogens with zero attached hydrogens (tertiary/aromatic N) is 5. The van der Waals surface area contributed by atoms with E-state index in [1.165, 1.54) is 12.3 Å². The van der Waals surface area contributed by atoms with Crippen molar-refractivity contribution in [2.45, 2.75) is 6.18 Å². The zero-order chi connectivity index (χ0) is 22.6. The minimum absolute atomic E-state index is 0.0976. The summed E-state index contributed by atoms with van der Waals surface area (Å²) in [4.78, 5) is 12.1. The van der Waals surface area contributed by atoms with Crippen LogP contribution in [-0.4, -0.2) is 33.0 Å². The molecule has 10 heteroatoms. The highest BCUT2D eigenvalue weighted by Crippen LogP contribution is 2.28. The minimum atomic E-state index is -4.51. The van der Waals surface area contributed by atoms with Gasteiger partial charge >= 0.3 is 6.18 Å². The quantitative estimate of drug-likeness (QED) is 0.263. The van der Waals surface area contributed by atoms with Gasteiger partial charge in [0, 0.05) is 35.4 Å². The molecule has 4 aromatic rings. The molecule has 0 radical (unpaired) electrons. The lowest BCUT2D eigenvalue weighted by molar-refractivity contribution is -0.141. The van der Waals surface area contributed by atoms with Crippen LogP contribution in [0.1, 0.15) is 5.69 Å². The van der Waals surface area contributed by atoms with E-state index in [0.717, 1.165) is 29.0 Å². The van der Waals surface area contributed by atoms with E-state index in [-0.39, 0.29) is 12.2 Å². The lowest BCUT2D eigenvalue weighted by Gasteiger charge is -2.09. The van der Waals surface area contributed by atoms with E-state index in [9.17, 15) is 13.2 Å². The summed E-state index contributed by atoms with van der Waals surface area (Å²) in [7, 11) is 0. The molecule has 0 bridgehead atoms. The summed E-state index contributed by atoms with van der Waals surface area (Å²) in [6.45, 7) is 0.0976. The fourth-order valence-electron chi connectivity index (χ4n) is 3.04. The standard InChI is InChI=1S/C22H18F3N7/c23-22(24,25)20-12-17(7-10-27-20)30-14-18(31-26)13-29-16-3-5-19(6-4-16)32-11-8-15-2-1-9-28-21(15)32/h1-13H,14,26H2,(H,27,30)/b29-13?,31-18+. The Morgan fingerprint density at radius 3 is 2.62 bits per heavy atom. The van der Waals surface area contributed by atoms with Crippen molar-refractivity contribution in [3.8, 4) is 5.69 Å². The van der Waals surface area contributed by atoms with Crippen LogP contribution >= 0.6 is 0 Å². The number of hydrazone groups is 1.